The van der Waals surface area contributed by atoms with Crippen LogP contribution in [0.4, 0.5) is 11.6 Å². The van der Waals surface area contributed by atoms with Gasteiger partial charge in [-0.15, -0.1) is 5.10 Å². The van der Waals surface area contributed by atoms with Gasteiger partial charge in [0.1, 0.15) is 6.61 Å². The molecule has 0 radical (unpaired) electrons. The number of aliphatic hydroxyl groups excluding tert-OH is 1. The average molecular weight is 415 g/mol. The molecule has 9 nitrogen and oxygen atoms in total. The van der Waals surface area contributed by atoms with Crippen molar-refractivity contribution in [2.45, 2.75) is 24.4 Å². The van der Waals surface area contributed by atoms with E-state index < -0.39 is 9.84 Å². The molecule has 0 saturated heterocycles. The highest BCUT2D eigenvalue weighted by atomic mass is 32.2. The molecule has 0 atom stereocenters. The lowest BCUT2D eigenvalue weighted by molar-refractivity contribution is 0.197. The van der Waals surface area contributed by atoms with Crippen LogP contribution < -0.4 is 10.1 Å². The Hall–Kier alpha value is -2.98. The summed E-state index contributed by atoms with van der Waals surface area (Å²) >= 11 is 0. The maximum absolute atomic E-state index is 11.7. The van der Waals surface area contributed by atoms with Crippen LogP contribution in [0.5, 0.6) is 5.88 Å². The van der Waals surface area contributed by atoms with Gasteiger partial charge in [-0.3, -0.25) is 0 Å². The Kier molecular flexibility index (Phi) is 5.20. The number of sulfone groups is 1. The van der Waals surface area contributed by atoms with Gasteiger partial charge in [-0.25, -0.2) is 18.5 Å². The van der Waals surface area contributed by atoms with Crippen LogP contribution in [0.15, 0.2) is 35.6 Å². The molecule has 0 amide bonds. The van der Waals surface area contributed by atoms with E-state index in [1.54, 1.807) is 12.3 Å². The number of fused-ring (bicyclic) bond motifs is 1. The van der Waals surface area contributed by atoms with E-state index in [9.17, 15) is 8.42 Å². The van der Waals surface area contributed by atoms with E-state index in [2.05, 4.69) is 31.5 Å². The summed E-state index contributed by atoms with van der Waals surface area (Å²) in [6, 6.07) is 7.80. The standard InChI is InChI=1S/C19H21N5O4S/c1-29(26,27)19-22-18(23-24-19)21-17-14-4-2-3-12(14)5-6-15(17)13-7-8-20-16(11-13)28-10-9-25/h5-8,11,25H,2-4,9-10H2,1H3,(H2,21,22,23,24). The molecule has 0 bridgehead atoms. The number of H-pyrrole nitrogens is 1. The molecule has 3 N–H and O–H groups in total. The van der Waals surface area contributed by atoms with Crippen LogP contribution in [-0.4, -0.2) is 53.2 Å². The first-order valence-electron chi connectivity index (χ1n) is 9.20. The molecule has 1 aliphatic carbocycles. The molecule has 4 rings (SSSR count). The minimum atomic E-state index is -3.48. The Morgan fingerprint density at radius 3 is 2.90 bits per heavy atom. The highest BCUT2D eigenvalue weighted by Gasteiger charge is 2.21. The molecule has 0 spiro atoms. The van der Waals surface area contributed by atoms with Crippen molar-refractivity contribution in [2.24, 2.45) is 0 Å². The number of aromatic nitrogens is 4. The van der Waals surface area contributed by atoms with Crippen LogP contribution in [0.25, 0.3) is 11.1 Å². The number of ether oxygens (including phenoxy) is 1. The zero-order chi connectivity index (χ0) is 20.4. The predicted molar refractivity (Wildman–Crippen MR) is 107 cm³/mol. The van der Waals surface area contributed by atoms with Gasteiger partial charge in [0.15, 0.2) is 0 Å². The van der Waals surface area contributed by atoms with E-state index in [1.165, 1.54) is 11.1 Å². The van der Waals surface area contributed by atoms with Crippen LogP contribution in [-0.2, 0) is 22.7 Å². The third-order valence-electron chi connectivity index (χ3n) is 4.72. The zero-order valence-electron chi connectivity index (χ0n) is 15.8. The molecule has 0 fully saturated rings. The number of rotatable bonds is 7. The summed E-state index contributed by atoms with van der Waals surface area (Å²) in [5, 5.41) is 18.5. The summed E-state index contributed by atoms with van der Waals surface area (Å²) in [7, 11) is -3.48. The largest absolute Gasteiger partial charge is 0.475 e. The number of aryl methyl sites for hydroxylation is 1. The van der Waals surface area contributed by atoms with E-state index in [0.29, 0.717) is 5.88 Å². The number of hydrogen-bond acceptors (Lipinski definition) is 8. The fourth-order valence-electron chi connectivity index (χ4n) is 3.44. The van der Waals surface area contributed by atoms with E-state index in [1.807, 2.05) is 12.1 Å². The highest BCUT2D eigenvalue weighted by molar-refractivity contribution is 7.90. The van der Waals surface area contributed by atoms with Crippen molar-refractivity contribution in [3.63, 3.8) is 0 Å². The maximum Gasteiger partial charge on any atom is 0.247 e. The van der Waals surface area contributed by atoms with E-state index >= 15 is 0 Å². The molecule has 10 heteroatoms. The smallest absolute Gasteiger partial charge is 0.247 e. The molecule has 1 aromatic carbocycles. The van der Waals surface area contributed by atoms with Crippen molar-refractivity contribution in [3.8, 4) is 17.0 Å². The van der Waals surface area contributed by atoms with Crippen LogP contribution >= 0.6 is 0 Å². The van der Waals surface area contributed by atoms with Gasteiger partial charge in [0.05, 0.1) is 12.3 Å². The molecule has 3 aromatic rings. The summed E-state index contributed by atoms with van der Waals surface area (Å²) in [6.45, 7) is 0.0717. The number of nitrogens with zero attached hydrogens (tertiary/aromatic N) is 3. The molecule has 29 heavy (non-hydrogen) atoms. The maximum atomic E-state index is 11.7. The van der Waals surface area contributed by atoms with Crippen molar-refractivity contribution in [3.05, 3.63) is 41.6 Å². The summed E-state index contributed by atoms with van der Waals surface area (Å²) in [4.78, 5) is 8.23. The van der Waals surface area contributed by atoms with Gasteiger partial charge in [-0.1, -0.05) is 12.1 Å². The quantitative estimate of drug-likeness (QED) is 0.533. The van der Waals surface area contributed by atoms with Gasteiger partial charge in [-0.2, -0.15) is 4.98 Å². The summed E-state index contributed by atoms with van der Waals surface area (Å²) in [5.41, 5.74) is 5.05. The highest BCUT2D eigenvalue weighted by Crippen LogP contribution is 2.39. The van der Waals surface area contributed by atoms with Gasteiger partial charge in [0.2, 0.25) is 26.8 Å². The van der Waals surface area contributed by atoms with E-state index in [-0.39, 0.29) is 24.3 Å². The van der Waals surface area contributed by atoms with Gasteiger partial charge in [-0.05, 0) is 42.0 Å². The monoisotopic (exact) mass is 415 g/mol. The van der Waals surface area contributed by atoms with Crippen molar-refractivity contribution >= 4 is 21.5 Å². The Labute approximate surface area is 168 Å². The first-order chi connectivity index (χ1) is 14.0. The Morgan fingerprint density at radius 2 is 2.14 bits per heavy atom. The third-order valence-corrected chi connectivity index (χ3v) is 5.61. The van der Waals surface area contributed by atoms with Crippen molar-refractivity contribution in [1.29, 1.82) is 0 Å². The lowest BCUT2D eigenvalue weighted by Gasteiger charge is -2.16. The molecular formula is C19H21N5O4S. The van der Waals surface area contributed by atoms with Crippen LogP contribution in [0.2, 0.25) is 0 Å². The molecule has 2 heterocycles. The number of aromatic amines is 1. The van der Waals surface area contributed by atoms with Crippen molar-refractivity contribution in [1.82, 2.24) is 20.2 Å². The van der Waals surface area contributed by atoms with Crippen LogP contribution in [0.3, 0.4) is 0 Å². The molecule has 0 saturated carbocycles. The normalized spacial score (nSPS) is 13.3. The van der Waals surface area contributed by atoms with Gasteiger partial charge in [0.25, 0.3) is 0 Å². The second-order valence-corrected chi connectivity index (χ2v) is 8.73. The lowest BCUT2D eigenvalue weighted by atomic mass is 9.98. The number of hydrogen-bond donors (Lipinski definition) is 3. The van der Waals surface area contributed by atoms with Crippen molar-refractivity contribution < 1.29 is 18.3 Å². The Balaban J connectivity index is 1.75. The Morgan fingerprint density at radius 1 is 1.28 bits per heavy atom. The van der Waals surface area contributed by atoms with Gasteiger partial charge in [0, 0.05) is 24.1 Å². The minimum absolute atomic E-state index is 0.0922. The molecule has 0 aliphatic heterocycles. The van der Waals surface area contributed by atoms with Crippen LogP contribution in [0, 0.1) is 0 Å². The Bertz CT molecular complexity index is 1140. The SMILES string of the molecule is CS(=O)(=O)c1nc(Nc2c(-c3ccnc(OCCO)c3)ccc3c2CCC3)n[nH]1. The zero-order valence-corrected chi connectivity index (χ0v) is 16.7. The van der Waals surface area contributed by atoms with E-state index in [0.717, 1.165) is 42.3 Å². The molecule has 0 unspecified atom stereocenters. The number of pyridine rings is 1. The number of benzene rings is 1. The summed E-state index contributed by atoms with van der Waals surface area (Å²) in [5.74, 6) is 0.609. The fourth-order valence-corrected chi connectivity index (χ4v) is 3.90. The van der Waals surface area contributed by atoms with Crippen LogP contribution in [0.1, 0.15) is 17.5 Å². The van der Waals surface area contributed by atoms with Gasteiger partial charge >= 0.3 is 0 Å². The fraction of sp³-hybridized carbons (Fsp3) is 0.316. The molecule has 152 valence electrons. The number of aliphatic hydroxyl groups is 1. The summed E-state index contributed by atoms with van der Waals surface area (Å²) in [6.07, 6.45) is 5.68. The number of anilines is 2. The average Bonchev–Trinajstić information content (AvgIpc) is 3.36. The lowest BCUT2D eigenvalue weighted by Crippen LogP contribution is -2.04. The van der Waals surface area contributed by atoms with Gasteiger partial charge < -0.3 is 15.2 Å². The predicted octanol–water partition coefficient (Wildman–Crippen LogP) is 1.87. The second-order valence-electron chi connectivity index (χ2n) is 6.80. The molecule has 1 aliphatic rings. The second kappa shape index (κ2) is 7.80. The first kappa shape index (κ1) is 19.3. The molecular weight excluding hydrogens is 394 g/mol. The molecule has 2 aromatic heterocycles. The van der Waals surface area contributed by atoms with E-state index in [4.69, 9.17) is 9.84 Å². The number of nitrogens with one attached hydrogen (secondary N) is 2. The first-order valence-corrected chi connectivity index (χ1v) is 11.1. The third kappa shape index (κ3) is 4.08. The minimum Gasteiger partial charge on any atom is -0.475 e. The van der Waals surface area contributed by atoms with Crippen molar-refractivity contribution in [2.75, 3.05) is 24.8 Å². The summed E-state index contributed by atoms with van der Waals surface area (Å²) < 4.78 is 28.8. The topological polar surface area (TPSA) is 130 Å².